The van der Waals surface area contributed by atoms with Gasteiger partial charge < -0.3 is 5.73 Å². The first-order valence-electron chi connectivity index (χ1n) is 6.23. The van der Waals surface area contributed by atoms with Crippen LogP contribution in [0.25, 0.3) is 0 Å². The van der Waals surface area contributed by atoms with Crippen molar-refractivity contribution in [2.45, 2.75) is 25.4 Å². The van der Waals surface area contributed by atoms with E-state index in [4.69, 9.17) is 5.73 Å². The number of piperidine rings is 1. The van der Waals surface area contributed by atoms with E-state index < -0.39 is 0 Å². The van der Waals surface area contributed by atoms with Crippen molar-refractivity contribution in [1.29, 1.82) is 0 Å². The number of hydrogen-bond donors (Lipinski definition) is 1. The number of hydrogen-bond acceptors (Lipinski definition) is 4. The van der Waals surface area contributed by atoms with Crippen molar-refractivity contribution in [2.24, 2.45) is 19.8 Å². The first-order chi connectivity index (χ1) is 8.49. The summed E-state index contributed by atoms with van der Waals surface area (Å²) in [6, 6.07) is 1.73. The summed E-state index contributed by atoms with van der Waals surface area (Å²) in [7, 11) is 3.19. The second-order valence-electron chi connectivity index (χ2n) is 5.01. The highest BCUT2D eigenvalue weighted by atomic mass is 16.2. The number of rotatable bonds is 2. The SMILES string of the molecule is Cn1c(CN2CCC[C@@H](N)C2)cc(=O)n(C)c1=O. The smallest absolute Gasteiger partial charge is 0.327 e. The fourth-order valence-corrected chi connectivity index (χ4v) is 2.39. The zero-order valence-corrected chi connectivity index (χ0v) is 10.9. The van der Waals surface area contributed by atoms with Crippen LogP contribution in [0.5, 0.6) is 0 Å². The van der Waals surface area contributed by atoms with Gasteiger partial charge in [-0.25, -0.2) is 4.79 Å². The lowest BCUT2D eigenvalue weighted by atomic mass is 10.1. The molecule has 1 aliphatic heterocycles. The van der Waals surface area contributed by atoms with Gasteiger partial charge in [0.25, 0.3) is 5.56 Å². The molecule has 2 rings (SSSR count). The van der Waals surface area contributed by atoms with Crippen molar-refractivity contribution in [3.8, 4) is 0 Å². The van der Waals surface area contributed by atoms with Gasteiger partial charge in [0.15, 0.2) is 0 Å². The molecule has 0 aliphatic carbocycles. The molecule has 0 bridgehead atoms. The summed E-state index contributed by atoms with van der Waals surface area (Å²) in [6.45, 7) is 2.40. The molecule has 0 aromatic carbocycles. The number of likely N-dealkylation sites (tertiary alicyclic amines) is 1. The van der Waals surface area contributed by atoms with Crippen molar-refractivity contribution >= 4 is 0 Å². The maximum absolute atomic E-state index is 11.8. The van der Waals surface area contributed by atoms with Gasteiger partial charge >= 0.3 is 5.69 Å². The normalized spacial score (nSPS) is 21.2. The van der Waals surface area contributed by atoms with E-state index in [0.29, 0.717) is 6.54 Å². The summed E-state index contributed by atoms with van der Waals surface area (Å²) in [5.74, 6) is 0. The third kappa shape index (κ3) is 2.54. The lowest BCUT2D eigenvalue weighted by Gasteiger charge is -2.30. The first kappa shape index (κ1) is 13.0. The van der Waals surface area contributed by atoms with Crippen LogP contribution >= 0.6 is 0 Å². The van der Waals surface area contributed by atoms with Crippen LogP contribution in [0.1, 0.15) is 18.5 Å². The number of aromatic nitrogens is 2. The quantitative estimate of drug-likeness (QED) is 0.733. The molecular weight excluding hydrogens is 232 g/mol. The van der Waals surface area contributed by atoms with E-state index >= 15 is 0 Å². The van der Waals surface area contributed by atoms with Gasteiger partial charge in [-0.3, -0.25) is 18.8 Å². The minimum Gasteiger partial charge on any atom is -0.327 e. The van der Waals surface area contributed by atoms with Gasteiger partial charge in [-0.05, 0) is 19.4 Å². The molecule has 1 aromatic rings. The van der Waals surface area contributed by atoms with Crippen LogP contribution in [-0.2, 0) is 20.6 Å². The van der Waals surface area contributed by atoms with E-state index in [1.165, 1.54) is 17.7 Å². The Morgan fingerprint density at radius 2 is 2.06 bits per heavy atom. The Balaban J connectivity index is 2.24. The molecule has 0 radical (unpaired) electrons. The average Bonchev–Trinajstić information content (AvgIpc) is 2.33. The minimum atomic E-state index is -0.279. The zero-order chi connectivity index (χ0) is 13.3. The van der Waals surface area contributed by atoms with Crippen LogP contribution in [0.2, 0.25) is 0 Å². The van der Waals surface area contributed by atoms with Crippen molar-refractivity contribution in [1.82, 2.24) is 14.0 Å². The van der Waals surface area contributed by atoms with Crippen LogP contribution in [0.4, 0.5) is 0 Å². The van der Waals surface area contributed by atoms with Gasteiger partial charge in [-0.1, -0.05) is 0 Å². The van der Waals surface area contributed by atoms with Crippen molar-refractivity contribution in [3.63, 3.8) is 0 Å². The highest BCUT2D eigenvalue weighted by Gasteiger charge is 2.18. The Morgan fingerprint density at radius 3 is 2.72 bits per heavy atom. The lowest BCUT2D eigenvalue weighted by molar-refractivity contribution is 0.196. The van der Waals surface area contributed by atoms with Gasteiger partial charge in [0.1, 0.15) is 0 Å². The van der Waals surface area contributed by atoms with Crippen LogP contribution in [0, 0.1) is 0 Å². The molecule has 6 nitrogen and oxygen atoms in total. The van der Waals surface area contributed by atoms with Gasteiger partial charge in [0.05, 0.1) is 0 Å². The van der Waals surface area contributed by atoms with E-state index in [2.05, 4.69) is 4.90 Å². The van der Waals surface area contributed by atoms with Crippen molar-refractivity contribution in [3.05, 3.63) is 32.6 Å². The van der Waals surface area contributed by atoms with Crippen LogP contribution in [0.15, 0.2) is 15.7 Å². The van der Waals surface area contributed by atoms with Crippen molar-refractivity contribution < 1.29 is 0 Å². The fourth-order valence-electron chi connectivity index (χ4n) is 2.39. The number of nitrogens with zero attached hydrogens (tertiary/aromatic N) is 3. The summed E-state index contributed by atoms with van der Waals surface area (Å²) in [5.41, 5.74) is 6.14. The van der Waals surface area contributed by atoms with Crippen LogP contribution in [0.3, 0.4) is 0 Å². The highest BCUT2D eigenvalue weighted by molar-refractivity contribution is 5.02. The molecule has 6 heteroatoms. The minimum absolute atomic E-state index is 0.197. The van der Waals surface area contributed by atoms with Gasteiger partial charge in [0, 0.05) is 45.0 Å². The molecule has 1 saturated heterocycles. The fraction of sp³-hybridized carbons (Fsp3) is 0.667. The summed E-state index contributed by atoms with van der Waals surface area (Å²) in [6.07, 6.45) is 2.12. The van der Waals surface area contributed by atoms with E-state index in [0.717, 1.165) is 36.2 Å². The van der Waals surface area contributed by atoms with Gasteiger partial charge in [0.2, 0.25) is 0 Å². The topological polar surface area (TPSA) is 73.3 Å². The molecular formula is C12H20N4O2. The summed E-state index contributed by atoms with van der Waals surface area (Å²) in [5, 5.41) is 0. The monoisotopic (exact) mass is 252 g/mol. The highest BCUT2D eigenvalue weighted by Crippen LogP contribution is 2.10. The molecule has 2 heterocycles. The maximum atomic E-state index is 11.8. The van der Waals surface area contributed by atoms with Gasteiger partial charge in [-0.2, -0.15) is 0 Å². The van der Waals surface area contributed by atoms with E-state index in [-0.39, 0.29) is 17.3 Å². The van der Waals surface area contributed by atoms with E-state index in [9.17, 15) is 9.59 Å². The lowest BCUT2D eigenvalue weighted by Crippen LogP contribution is -2.44. The van der Waals surface area contributed by atoms with Crippen LogP contribution in [-0.4, -0.2) is 33.2 Å². The second-order valence-corrected chi connectivity index (χ2v) is 5.01. The maximum Gasteiger partial charge on any atom is 0.330 e. The molecule has 100 valence electrons. The first-order valence-corrected chi connectivity index (χ1v) is 6.23. The Morgan fingerprint density at radius 1 is 1.33 bits per heavy atom. The third-order valence-electron chi connectivity index (χ3n) is 3.55. The molecule has 0 unspecified atom stereocenters. The Bertz CT molecular complexity index is 546. The Labute approximate surface area is 106 Å². The molecule has 0 saturated carbocycles. The van der Waals surface area contributed by atoms with E-state index in [1.54, 1.807) is 7.05 Å². The Kier molecular flexibility index (Phi) is 3.68. The van der Waals surface area contributed by atoms with Crippen molar-refractivity contribution in [2.75, 3.05) is 13.1 Å². The molecule has 1 fully saturated rings. The van der Waals surface area contributed by atoms with Crippen LogP contribution < -0.4 is 17.0 Å². The molecule has 2 N–H and O–H groups in total. The number of nitrogens with two attached hydrogens (primary N) is 1. The molecule has 0 amide bonds. The van der Waals surface area contributed by atoms with E-state index in [1.807, 2.05) is 0 Å². The summed E-state index contributed by atoms with van der Waals surface area (Å²) < 4.78 is 2.65. The summed E-state index contributed by atoms with van der Waals surface area (Å²) >= 11 is 0. The third-order valence-corrected chi connectivity index (χ3v) is 3.55. The standard InChI is InChI=1S/C12H20N4O2/c1-14-10(6-11(17)15(2)12(14)18)8-16-5-3-4-9(13)7-16/h6,9H,3-5,7-8,13H2,1-2H3/t9-/m1/s1. The molecule has 1 aliphatic rings. The zero-order valence-electron chi connectivity index (χ0n) is 10.9. The average molecular weight is 252 g/mol. The molecule has 18 heavy (non-hydrogen) atoms. The Hall–Kier alpha value is -1.40. The largest absolute Gasteiger partial charge is 0.330 e. The molecule has 1 atom stereocenters. The second kappa shape index (κ2) is 5.07. The van der Waals surface area contributed by atoms with Gasteiger partial charge in [-0.15, -0.1) is 0 Å². The predicted octanol–water partition coefficient (Wildman–Crippen LogP) is -0.993. The predicted molar refractivity (Wildman–Crippen MR) is 69.4 cm³/mol. The molecule has 1 aromatic heterocycles. The molecule has 0 spiro atoms. The summed E-state index contributed by atoms with van der Waals surface area (Å²) in [4.78, 5) is 25.6.